The molecule has 0 aliphatic heterocycles. The second-order valence-electron chi connectivity index (χ2n) is 8.17. The van der Waals surface area contributed by atoms with E-state index < -0.39 is 0 Å². The van der Waals surface area contributed by atoms with Crippen LogP contribution in [-0.4, -0.2) is 0 Å². The lowest BCUT2D eigenvalue weighted by molar-refractivity contribution is -0.660. The molecule has 4 rings (SSSR count). The first-order chi connectivity index (χ1) is 12.4. The Morgan fingerprint density at radius 3 is 2.35 bits per heavy atom. The Balaban J connectivity index is 1.95. The third-order valence-corrected chi connectivity index (χ3v) is 5.98. The average molecular weight is 343 g/mol. The van der Waals surface area contributed by atoms with Crippen LogP contribution >= 0.6 is 0 Å². The molecule has 1 aromatic heterocycles. The molecule has 1 aliphatic rings. The van der Waals surface area contributed by atoms with Crippen LogP contribution < -0.4 is 4.57 Å². The second-order valence-corrected chi connectivity index (χ2v) is 8.17. The molecule has 0 fully saturated rings. The van der Waals surface area contributed by atoms with Crippen molar-refractivity contribution in [1.29, 1.82) is 0 Å². The van der Waals surface area contributed by atoms with Crippen LogP contribution in [-0.2, 0) is 13.5 Å². The Kier molecular flexibility index (Phi) is 3.99. The van der Waals surface area contributed by atoms with Crippen LogP contribution in [0.3, 0.4) is 0 Å². The number of pyridine rings is 1. The minimum atomic E-state index is 0.562. The summed E-state index contributed by atoms with van der Waals surface area (Å²) in [6.07, 6.45) is 3.29. The summed E-state index contributed by atoms with van der Waals surface area (Å²) in [5.74, 6) is 0.562. The topological polar surface area (TPSA) is 3.88 Å². The van der Waals surface area contributed by atoms with E-state index in [9.17, 15) is 0 Å². The van der Waals surface area contributed by atoms with Crippen LogP contribution in [0.5, 0.6) is 0 Å². The number of aromatic nitrogens is 1. The number of rotatable bonds is 2. The molecule has 0 spiro atoms. The van der Waals surface area contributed by atoms with E-state index in [2.05, 4.69) is 88.8 Å². The molecule has 0 saturated heterocycles. The molecule has 1 aliphatic carbocycles. The minimum absolute atomic E-state index is 0.562. The quantitative estimate of drug-likeness (QED) is 0.405. The van der Waals surface area contributed by atoms with Gasteiger partial charge in [0.25, 0.3) is 0 Å². The van der Waals surface area contributed by atoms with Crippen molar-refractivity contribution in [3.05, 3.63) is 76.0 Å². The van der Waals surface area contributed by atoms with E-state index in [1.807, 2.05) is 0 Å². The first kappa shape index (κ1) is 17.0. The molecular weight excluding hydrogens is 314 g/mol. The second kappa shape index (κ2) is 6.09. The number of fused-ring (bicyclic) bond motifs is 3. The molecule has 132 valence electrons. The molecule has 0 bridgehead atoms. The van der Waals surface area contributed by atoms with Gasteiger partial charge in [0.05, 0.1) is 5.56 Å². The van der Waals surface area contributed by atoms with Crippen molar-refractivity contribution < 1.29 is 4.57 Å². The highest BCUT2D eigenvalue weighted by Gasteiger charge is 2.27. The molecular formula is C25H28N+. The van der Waals surface area contributed by atoms with Crippen molar-refractivity contribution in [2.75, 3.05) is 0 Å². The Labute approximate surface area is 157 Å². The van der Waals surface area contributed by atoms with Gasteiger partial charge in [0.1, 0.15) is 7.05 Å². The first-order valence-electron chi connectivity index (χ1n) is 9.59. The zero-order valence-corrected chi connectivity index (χ0v) is 16.8. The molecule has 2 aromatic carbocycles. The Morgan fingerprint density at radius 2 is 1.62 bits per heavy atom. The largest absolute Gasteiger partial charge is 0.213 e. The van der Waals surface area contributed by atoms with Gasteiger partial charge in [-0.25, -0.2) is 4.57 Å². The van der Waals surface area contributed by atoms with Crippen molar-refractivity contribution in [2.24, 2.45) is 7.05 Å². The normalized spacial score (nSPS) is 12.4. The van der Waals surface area contributed by atoms with E-state index in [1.54, 1.807) is 0 Å². The fourth-order valence-electron chi connectivity index (χ4n) is 4.24. The number of aryl methyl sites for hydroxylation is 4. The summed E-state index contributed by atoms with van der Waals surface area (Å²) in [4.78, 5) is 0. The van der Waals surface area contributed by atoms with E-state index >= 15 is 0 Å². The maximum Gasteiger partial charge on any atom is 0.213 e. The van der Waals surface area contributed by atoms with E-state index in [4.69, 9.17) is 0 Å². The molecule has 26 heavy (non-hydrogen) atoms. The maximum absolute atomic E-state index is 2.41. The smallest absolute Gasteiger partial charge is 0.201 e. The molecule has 0 amide bonds. The van der Waals surface area contributed by atoms with Crippen LogP contribution in [0.4, 0.5) is 0 Å². The molecule has 0 radical (unpaired) electrons. The lowest BCUT2D eigenvalue weighted by Crippen LogP contribution is -2.32. The molecule has 1 nitrogen and oxygen atoms in total. The lowest BCUT2D eigenvalue weighted by atomic mass is 9.92. The first-order valence-corrected chi connectivity index (χ1v) is 9.59. The van der Waals surface area contributed by atoms with Gasteiger partial charge in [-0.05, 0) is 72.1 Å². The molecule has 3 aromatic rings. The fourth-order valence-corrected chi connectivity index (χ4v) is 4.24. The number of nitrogens with zero attached hydrogens (tertiary/aromatic N) is 1. The summed E-state index contributed by atoms with van der Waals surface area (Å²) >= 11 is 0. The fraction of sp³-hybridized carbons (Fsp3) is 0.320. The summed E-state index contributed by atoms with van der Waals surface area (Å²) < 4.78 is 2.29. The van der Waals surface area contributed by atoms with E-state index in [1.165, 1.54) is 55.8 Å². The highest BCUT2D eigenvalue weighted by atomic mass is 14.9. The van der Waals surface area contributed by atoms with Gasteiger partial charge in [-0.15, -0.1) is 0 Å². The van der Waals surface area contributed by atoms with E-state index in [0.717, 1.165) is 6.42 Å². The van der Waals surface area contributed by atoms with Gasteiger partial charge in [0, 0.05) is 11.6 Å². The van der Waals surface area contributed by atoms with Crippen LogP contribution in [0.25, 0.3) is 22.4 Å². The summed E-state index contributed by atoms with van der Waals surface area (Å²) in [7, 11) is 2.17. The monoisotopic (exact) mass is 342 g/mol. The van der Waals surface area contributed by atoms with Gasteiger partial charge < -0.3 is 0 Å². The van der Waals surface area contributed by atoms with Gasteiger partial charge in [-0.3, -0.25) is 0 Å². The summed E-state index contributed by atoms with van der Waals surface area (Å²) in [5, 5.41) is 0. The predicted molar refractivity (Wildman–Crippen MR) is 110 cm³/mol. The van der Waals surface area contributed by atoms with Crippen molar-refractivity contribution in [3.8, 4) is 22.4 Å². The van der Waals surface area contributed by atoms with Crippen molar-refractivity contribution in [2.45, 2.75) is 47.0 Å². The van der Waals surface area contributed by atoms with Gasteiger partial charge in [-0.1, -0.05) is 44.2 Å². The third-order valence-electron chi connectivity index (χ3n) is 5.98. The molecule has 0 saturated carbocycles. The summed E-state index contributed by atoms with van der Waals surface area (Å²) in [5.41, 5.74) is 14.0. The SMILES string of the molecule is Cc1cc(-c2c(C)ccc3c2Cc2ccc(C(C)C)cc2-3)[n+](C)cc1C. The number of hydrogen-bond acceptors (Lipinski definition) is 0. The minimum Gasteiger partial charge on any atom is -0.201 e. The Morgan fingerprint density at radius 1 is 0.846 bits per heavy atom. The Hall–Kier alpha value is -2.41. The van der Waals surface area contributed by atoms with Gasteiger partial charge in [0.15, 0.2) is 6.20 Å². The lowest BCUT2D eigenvalue weighted by Gasteiger charge is -2.12. The van der Waals surface area contributed by atoms with Crippen LogP contribution in [0.1, 0.15) is 53.1 Å². The van der Waals surface area contributed by atoms with Crippen molar-refractivity contribution >= 4 is 0 Å². The van der Waals surface area contributed by atoms with Crippen molar-refractivity contribution in [3.63, 3.8) is 0 Å². The highest BCUT2D eigenvalue weighted by molar-refractivity contribution is 5.85. The van der Waals surface area contributed by atoms with Crippen molar-refractivity contribution in [1.82, 2.24) is 0 Å². The van der Waals surface area contributed by atoms with Crippen LogP contribution in [0.15, 0.2) is 42.6 Å². The van der Waals surface area contributed by atoms with E-state index in [0.29, 0.717) is 5.92 Å². The van der Waals surface area contributed by atoms with Gasteiger partial charge >= 0.3 is 0 Å². The third kappa shape index (κ3) is 2.58. The molecule has 0 unspecified atom stereocenters. The molecule has 1 heteroatoms. The molecule has 0 atom stereocenters. The van der Waals surface area contributed by atoms with Crippen LogP contribution in [0, 0.1) is 20.8 Å². The highest BCUT2D eigenvalue weighted by Crippen LogP contribution is 2.43. The zero-order chi connectivity index (χ0) is 18.6. The predicted octanol–water partition coefficient (Wildman–Crippen LogP) is 5.80. The van der Waals surface area contributed by atoms with Crippen LogP contribution in [0.2, 0.25) is 0 Å². The zero-order valence-electron chi connectivity index (χ0n) is 16.8. The molecule has 0 N–H and O–H groups in total. The maximum atomic E-state index is 2.41. The molecule has 1 heterocycles. The average Bonchev–Trinajstić information content (AvgIpc) is 2.96. The van der Waals surface area contributed by atoms with Gasteiger partial charge in [0.2, 0.25) is 5.69 Å². The summed E-state index contributed by atoms with van der Waals surface area (Å²) in [6.45, 7) is 11.2. The Bertz CT molecular complexity index is 1020. The summed E-state index contributed by atoms with van der Waals surface area (Å²) in [6, 6.07) is 14.0. The standard InChI is InChI=1S/C25H28N/c1-15(2)19-8-9-20-13-23-21(22(20)12-19)10-7-16(3)25(23)24-11-17(4)18(5)14-26(24)6/h7-12,14-15H,13H2,1-6H3/q+1. The number of benzene rings is 2. The van der Waals surface area contributed by atoms with Gasteiger partial charge in [-0.2, -0.15) is 0 Å². The number of hydrogen-bond donors (Lipinski definition) is 0. The van der Waals surface area contributed by atoms with E-state index in [-0.39, 0.29) is 0 Å².